The van der Waals surface area contributed by atoms with E-state index < -0.39 is 0 Å². The third-order valence-electron chi connectivity index (χ3n) is 1.60. The van der Waals surface area contributed by atoms with Gasteiger partial charge < -0.3 is 11.1 Å². The Bertz CT molecular complexity index is 403. The molecular formula is C12H14N4O. The van der Waals surface area contributed by atoms with E-state index in [9.17, 15) is 4.79 Å². The average molecular weight is 230 g/mol. The number of benzene rings is 1. The van der Waals surface area contributed by atoms with Gasteiger partial charge in [0.25, 0.3) is 0 Å². The van der Waals surface area contributed by atoms with Gasteiger partial charge in [-0.25, -0.2) is 9.97 Å². The standard InChI is InChI=1S/C10H9N3.C2H5NO/c1-2-5-9(6-3-1)13-10-11-7-4-8-12-10;1-2(3)4/h1-8H,(H,11,12,13);1H3,(H2,3,4). The van der Waals surface area contributed by atoms with Crippen LogP contribution in [0.15, 0.2) is 48.8 Å². The van der Waals surface area contributed by atoms with Crippen molar-refractivity contribution in [3.05, 3.63) is 48.8 Å². The number of nitrogens with one attached hydrogen (secondary N) is 1. The molecule has 0 aliphatic heterocycles. The molecule has 88 valence electrons. The molecule has 0 atom stereocenters. The fraction of sp³-hybridized carbons (Fsp3) is 0.0833. The van der Waals surface area contributed by atoms with Crippen LogP contribution in [0.1, 0.15) is 6.92 Å². The topological polar surface area (TPSA) is 80.9 Å². The number of nitrogens with two attached hydrogens (primary N) is 1. The molecule has 3 N–H and O–H groups in total. The number of hydrogen-bond acceptors (Lipinski definition) is 4. The van der Waals surface area contributed by atoms with Gasteiger partial charge in [-0.05, 0) is 18.2 Å². The zero-order valence-electron chi connectivity index (χ0n) is 9.50. The maximum atomic E-state index is 9.22. The minimum absolute atomic E-state index is 0.333. The first-order valence-corrected chi connectivity index (χ1v) is 5.03. The van der Waals surface area contributed by atoms with Crippen LogP contribution in [0.25, 0.3) is 0 Å². The van der Waals surface area contributed by atoms with Crippen LogP contribution in [0.4, 0.5) is 11.6 Å². The summed E-state index contributed by atoms with van der Waals surface area (Å²) >= 11 is 0. The highest BCUT2D eigenvalue weighted by molar-refractivity contribution is 5.70. The molecule has 1 aromatic heterocycles. The normalized spacial score (nSPS) is 8.76. The second kappa shape index (κ2) is 6.95. The second-order valence-electron chi connectivity index (χ2n) is 3.17. The highest BCUT2D eigenvalue weighted by atomic mass is 16.1. The average Bonchev–Trinajstić information content (AvgIpc) is 2.31. The monoisotopic (exact) mass is 230 g/mol. The summed E-state index contributed by atoms with van der Waals surface area (Å²) in [6, 6.07) is 11.6. The molecule has 1 amide bonds. The highest BCUT2D eigenvalue weighted by Crippen LogP contribution is 2.09. The number of nitrogens with zero attached hydrogens (tertiary/aromatic N) is 2. The highest BCUT2D eigenvalue weighted by Gasteiger charge is 1.92. The molecule has 0 bridgehead atoms. The molecule has 0 saturated carbocycles. The fourth-order valence-electron chi connectivity index (χ4n) is 1.01. The summed E-state index contributed by atoms with van der Waals surface area (Å²) in [4.78, 5) is 17.3. The Labute approximate surface area is 99.7 Å². The number of carbonyl (C=O) groups is 1. The molecule has 2 aromatic rings. The first-order valence-electron chi connectivity index (χ1n) is 5.03. The van der Waals surface area contributed by atoms with Gasteiger partial charge in [-0.2, -0.15) is 0 Å². The Balaban J connectivity index is 0.000000317. The van der Waals surface area contributed by atoms with E-state index in [1.54, 1.807) is 18.5 Å². The van der Waals surface area contributed by atoms with Crippen LogP contribution in [-0.4, -0.2) is 15.9 Å². The Hall–Kier alpha value is -2.43. The van der Waals surface area contributed by atoms with Gasteiger partial charge in [0.1, 0.15) is 0 Å². The summed E-state index contributed by atoms with van der Waals surface area (Å²) in [5.74, 6) is 0.286. The number of primary amides is 1. The first kappa shape index (κ1) is 12.6. The molecule has 17 heavy (non-hydrogen) atoms. The lowest BCUT2D eigenvalue weighted by atomic mass is 10.3. The van der Waals surface area contributed by atoms with Gasteiger partial charge in [-0.1, -0.05) is 18.2 Å². The van der Waals surface area contributed by atoms with Crippen LogP contribution >= 0.6 is 0 Å². The number of hydrogen-bond donors (Lipinski definition) is 2. The molecule has 5 heteroatoms. The Morgan fingerprint density at radius 2 is 1.65 bits per heavy atom. The molecule has 2 rings (SSSR count). The second-order valence-corrected chi connectivity index (χ2v) is 3.17. The van der Waals surface area contributed by atoms with Crippen molar-refractivity contribution in [2.45, 2.75) is 6.92 Å². The van der Waals surface area contributed by atoms with Gasteiger partial charge >= 0.3 is 0 Å². The first-order chi connectivity index (χ1) is 8.18. The molecule has 0 radical (unpaired) electrons. The SMILES string of the molecule is CC(N)=O.c1ccc(Nc2ncccn2)cc1. The summed E-state index contributed by atoms with van der Waals surface area (Å²) in [7, 11) is 0. The predicted molar refractivity (Wildman–Crippen MR) is 66.6 cm³/mol. The predicted octanol–water partition coefficient (Wildman–Crippen LogP) is 1.71. The van der Waals surface area contributed by atoms with Gasteiger partial charge in [0.05, 0.1) is 0 Å². The Morgan fingerprint density at radius 1 is 1.12 bits per heavy atom. The quantitative estimate of drug-likeness (QED) is 0.823. The van der Waals surface area contributed by atoms with Crippen LogP contribution in [0.5, 0.6) is 0 Å². The van der Waals surface area contributed by atoms with Crippen molar-refractivity contribution >= 4 is 17.5 Å². The number of rotatable bonds is 2. The van der Waals surface area contributed by atoms with Crippen molar-refractivity contribution in [1.29, 1.82) is 0 Å². The van der Waals surface area contributed by atoms with E-state index in [4.69, 9.17) is 0 Å². The van der Waals surface area contributed by atoms with E-state index in [1.807, 2.05) is 30.3 Å². The minimum Gasteiger partial charge on any atom is -0.370 e. The van der Waals surface area contributed by atoms with Crippen LogP contribution in [0.3, 0.4) is 0 Å². The number of para-hydroxylation sites is 1. The van der Waals surface area contributed by atoms with Gasteiger partial charge in [-0.3, -0.25) is 4.79 Å². The number of anilines is 2. The zero-order valence-corrected chi connectivity index (χ0v) is 9.50. The maximum Gasteiger partial charge on any atom is 0.227 e. The van der Waals surface area contributed by atoms with E-state index in [0.717, 1.165) is 5.69 Å². The van der Waals surface area contributed by atoms with Crippen molar-refractivity contribution < 1.29 is 4.79 Å². The summed E-state index contributed by atoms with van der Waals surface area (Å²) in [5, 5.41) is 3.08. The summed E-state index contributed by atoms with van der Waals surface area (Å²) < 4.78 is 0. The van der Waals surface area contributed by atoms with E-state index in [1.165, 1.54) is 6.92 Å². The number of amides is 1. The summed E-state index contributed by atoms with van der Waals surface area (Å²) in [6.45, 7) is 1.31. The molecule has 0 aliphatic carbocycles. The Kier molecular flexibility index (Phi) is 5.16. The van der Waals surface area contributed by atoms with Gasteiger partial charge in [0, 0.05) is 25.0 Å². The van der Waals surface area contributed by atoms with E-state index in [2.05, 4.69) is 21.0 Å². The molecule has 1 aromatic carbocycles. The molecule has 5 nitrogen and oxygen atoms in total. The molecule has 0 fully saturated rings. The van der Waals surface area contributed by atoms with Crippen molar-refractivity contribution in [2.24, 2.45) is 5.73 Å². The van der Waals surface area contributed by atoms with Gasteiger partial charge in [0.15, 0.2) is 0 Å². The van der Waals surface area contributed by atoms with Crippen molar-refractivity contribution in [1.82, 2.24) is 9.97 Å². The van der Waals surface area contributed by atoms with Crippen molar-refractivity contribution in [3.63, 3.8) is 0 Å². The van der Waals surface area contributed by atoms with E-state index in [-0.39, 0.29) is 5.91 Å². The summed E-state index contributed by atoms with van der Waals surface area (Å²) in [5.41, 5.74) is 5.47. The zero-order chi connectivity index (χ0) is 12.5. The minimum atomic E-state index is -0.333. The molecule has 1 heterocycles. The Morgan fingerprint density at radius 3 is 2.18 bits per heavy atom. The molecular weight excluding hydrogens is 216 g/mol. The third-order valence-corrected chi connectivity index (χ3v) is 1.60. The van der Waals surface area contributed by atoms with Crippen LogP contribution in [0.2, 0.25) is 0 Å². The van der Waals surface area contributed by atoms with Gasteiger partial charge in [0.2, 0.25) is 11.9 Å². The van der Waals surface area contributed by atoms with Gasteiger partial charge in [-0.15, -0.1) is 0 Å². The van der Waals surface area contributed by atoms with E-state index in [0.29, 0.717) is 5.95 Å². The van der Waals surface area contributed by atoms with E-state index >= 15 is 0 Å². The number of aromatic nitrogens is 2. The molecule has 0 aliphatic rings. The largest absolute Gasteiger partial charge is 0.370 e. The van der Waals surface area contributed by atoms with Crippen molar-refractivity contribution in [2.75, 3.05) is 5.32 Å². The number of carbonyl (C=O) groups excluding carboxylic acids is 1. The maximum absolute atomic E-state index is 9.22. The molecule has 0 saturated heterocycles. The van der Waals surface area contributed by atoms with Crippen molar-refractivity contribution in [3.8, 4) is 0 Å². The molecule has 0 spiro atoms. The smallest absolute Gasteiger partial charge is 0.227 e. The lowest BCUT2D eigenvalue weighted by molar-refractivity contribution is -0.115. The summed E-state index contributed by atoms with van der Waals surface area (Å²) in [6.07, 6.45) is 3.41. The lowest BCUT2D eigenvalue weighted by Gasteiger charge is -2.02. The molecule has 0 unspecified atom stereocenters. The fourth-order valence-corrected chi connectivity index (χ4v) is 1.01. The van der Waals surface area contributed by atoms with Crippen LogP contribution < -0.4 is 11.1 Å². The lowest BCUT2D eigenvalue weighted by Crippen LogP contribution is -2.01. The van der Waals surface area contributed by atoms with Crippen LogP contribution in [0, 0.1) is 0 Å². The third kappa shape index (κ3) is 5.88. The van der Waals surface area contributed by atoms with Crippen LogP contribution in [-0.2, 0) is 4.79 Å².